The molecule has 0 fully saturated rings. The zero-order valence-corrected chi connectivity index (χ0v) is 62.6. The van der Waals surface area contributed by atoms with Gasteiger partial charge < -0.3 is 20.3 Å². The number of ether oxygens (including phenoxy) is 1. The fourth-order valence-electron chi connectivity index (χ4n) is 13.5. The van der Waals surface area contributed by atoms with Gasteiger partial charge in [0.05, 0.1) is 25.4 Å². The Hall–Kier alpha value is -1.92. The maximum absolute atomic E-state index is 12.6. The van der Waals surface area contributed by atoms with Gasteiger partial charge in [-0.15, -0.1) is 0 Å². The molecule has 0 heterocycles. The van der Waals surface area contributed by atoms with E-state index in [1.54, 1.807) is 0 Å². The van der Waals surface area contributed by atoms with Gasteiger partial charge in [0.15, 0.2) is 0 Å². The third kappa shape index (κ3) is 77.1. The lowest BCUT2D eigenvalue weighted by Crippen LogP contribution is -2.45. The second-order valence-electron chi connectivity index (χ2n) is 29.2. The maximum Gasteiger partial charge on any atom is 0.305 e. The Kier molecular flexibility index (Phi) is 79.8. The predicted molar refractivity (Wildman–Crippen MR) is 407 cm³/mol. The smallest absolute Gasteiger partial charge is 0.305 e. The minimum absolute atomic E-state index is 0.0132. The van der Waals surface area contributed by atoms with Crippen molar-refractivity contribution < 1.29 is 24.5 Å². The third-order valence-electron chi connectivity index (χ3n) is 19.9. The molecule has 0 bridgehead atoms. The lowest BCUT2D eigenvalue weighted by atomic mass is 10.0. The first kappa shape index (κ1) is 90.1. The van der Waals surface area contributed by atoms with Gasteiger partial charge in [0, 0.05) is 12.8 Å². The summed E-state index contributed by atoms with van der Waals surface area (Å²) >= 11 is 0. The van der Waals surface area contributed by atoms with Crippen LogP contribution in [0.3, 0.4) is 0 Å². The molecule has 1 amide bonds. The molecule has 0 aromatic heterocycles. The Morgan fingerprint density at radius 2 is 0.543 bits per heavy atom. The highest BCUT2D eigenvalue weighted by atomic mass is 16.5. The van der Waals surface area contributed by atoms with Crippen LogP contribution in [0.15, 0.2) is 36.5 Å². The van der Waals surface area contributed by atoms with E-state index in [9.17, 15) is 19.8 Å². The minimum Gasteiger partial charge on any atom is -0.466 e. The number of esters is 1. The van der Waals surface area contributed by atoms with E-state index in [-0.39, 0.29) is 18.5 Å². The molecule has 6 nitrogen and oxygen atoms in total. The van der Waals surface area contributed by atoms with E-state index in [2.05, 4.69) is 55.6 Å². The SMILES string of the molecule is CCCCCCCC/C=C\CCCCCCCC(=O)OCCCCCCCCCCCCCCCCC/C=C\C/C=C\CCCCCCCCCCCCCCCCCCCC(=O)NC(CO)C(O)CCCCCCCCCCCCCCCCCCCCCCC. The van der Waals surface area contributed by atoms with E-state index in [1.807, 2.05) is 0 Å². The molecule has 0 aliphatic heterocycles. The number of amides is 1. The second-order valence-corrected chi connectivity index (χ2v) is 29.2. The van der Waals surface area contributed by atoms with Crippen molar-refractivity contribution in [3.8, 4) is 0 Å². The van der Waals surface area contributed by atoms with Crippen molar-refractivity contribution in [2.75, 3.05) is 13.2 Å². The van der Waals surface area contributed by atoms with Gasteiger partial charge in [0.2, 0.25) is 5.91 Å². The van der Waals surface area contributed by atoms with Gasteiger partial charge in [-0.05, 0) is 83.5 Å². The zero-order chi connectivity index (χ0) is 66.3. The Morgan fingerprint density at radius 1 is 0.304 bits per heavy atom. The number of rotatable bonds is 80. The van der Waals surface area contributed by atoms with E-state index >= 15 is 0 Å². The Bertz CT molecular complexity index is 1490. The molecule has 0 aromatic rings. The van der Waals surface area contributed by atoms with Gasteiger partial charge in [0.1, 0.15) is 0 Å². The second kappa shape index (κ2) is 81.5. The van der Waals surface area contributed by atoms with Gasteiger partial charge in [-0.3, -0.25) is 9.59 Å². The number of hydrogen-bond acceptors (Lipinski definition) is 5. The van der Waals surface area contributed by atoms with Crippen LogP contribution < -0.4 is 5.32 Å². The van der Waals surface area contributed by atoms with Crippen molar-refractivity contribution in [1.82, 2.24) is 5.32 Å². The van der Waals surface area contributed by atoms with Gasteiger partial charge >= 0.3 is 5.97 Å². The van der Waals surface area contributed by atoms with Crippen molar-refractivity contribution >= 4 is 11.9 Å². The van der Waals surface area contributed by atoms with Crippen molar-refractivity contribution in [1.29, 1.82) is 0 Å². The van der Waals surface area contributed by atoms with Crippen LogP contribution in [0.2, 0.25) is 0 Å². The van der Waals surface area contributed by atoms with Gasteiger partial charge in [-0.25, -0.2) is 0 Å². The summed E-state index contributed by atoms with van der Waals surface area (Å²) in [7, 11) is 0. The molecule has 0 spiro atoms. The number of carbonyl (C=O) groups is 2. The molecule has 0 saturated heterocycles. The first-order valence-corrected chi connectivity index (χ1v) is 42.2. The highest BCUT2D eigenvalue weighted by Crippen LogP contribution is 2.20. The first-order chi connectivity index (χ1) is 45.5. The number of nitrogens with one attached hydrogen (secondary N) is 1. The summed E-state index contributed by atoms with van der Waals surface area (Å²) in [6.07, 6.45) is 107. The number of hydrogen-bond donors (Lipinski definition) is 3. The molecule has 544 valence electrons. The molecule has 0 rings (SSSR count). The normalized spacial score (nSPS) is 12.6. The average molecular weight is 1290 g/mol. The van der Waals surface area contributed by atoms with E-state index < -0.39 is 12.1 Å². The molecule has 0 aromatic carbocycles. The lowest BCUT2D eigenvalue weighted by molar-refractivity contribution is -0.143. The standard InChI is InChI=1S/C86H165NO5/c1-3-5-7-9-11-13-15-17-19-20-21-41-44-47-51-54-58-62-66-70-74-78-84(89)83(82-88)87-85(90)79-75-71-67-63-59-55-52-48-45-42-39-37-35-33-31-29-27-25-23-22-24-26-28-30-32-34-36-38-40-43-46-49-53-57-61-65-69-73-77-81-92-86(91)80-76-72-68-64-60-56-50-18-16-14-12-10-8-6-4-2/h18,22-23,26,28,50,83-84,88-89H,3-17,19-21,24-25,27,29-49,51-82H2,1-2H3,(H,87,90)/b23-22-,28-26-,50-18-. The van der Waals surface area contributed by atoms with Crippen LogP contribution in [-0.4, -0.2) is 47.4 Å². The molecule has 2 atom stereocenters. The first-order valence-electron chi connectivity index (χ1n) is 42.2. The van der Waals surface area contributed by atoms with Crippen molar-refractivity contribution in [3.63, 3.8) is 0 Å². The summed E-state index contributed by atoms with van der Waals surface area (Å²) in [6.45, 7) is 5.00. The summed E-state index contributed by atoms with van der Waals surface area (Å²) in [4.78, 5) is 24.7. The quantitative estimate of drug-likeness (QED) is 0.0320. The van der Waals surface area contributed by atoms with Gasteiger partial charge in [-0.2, -0.15) is 0 Å². The van der Waals surface area contributed by atoms with Crippen LogP contribution in [0, 0.1) is 0 Å². The van der Waals surface area contributed by atoms with Crippen LogP contribution in [0.1, 0.15) is 476 Å². The monoisotopic (exact) mass is 1290 g/mol. The fourth-order valence-corrected chi connectivity index (χ4v) is 13.5. The Labute approximate surface area is 576 Å². The summed E-state index contributed by atoms with van der Waals surface area (Å²) in [5.41, 5.74) is 0. The summed E-state index contributed by atoms with van der Waals surface area (Å²) < 4.78 is 5.50. The number of aliphatic hydroxyl groups is 2. The van der Waals surface area contributed by atoms with Crippen molar-refractivity contribution in [2.24, 2.45) is 0 Å². The number of aliphatic hydroxyl groups excluding tert-OH is 2. The zero-order valence-electron chi connectivity index (χ0n) is 62.6. The highest BCUT2D eigenvalue weighted by molar-refractivity contribution is 5.76. The number of allylic oxidation sites excluding steroid dienone is 6. The fraction of sp³-hybridized carbons (Fsp3) is 0.907. The van der Waals surface area contributed by atoms with E-state index in [4.69, 9.17) is 4.74 Å². The molecule has 3 N–H and O–H groups in total. The Morgan fingerprint density at radius 3 is 0.837 bits per heavy atom. The maximum atomic E-state index is 12.6. The summed E-state index contributed by atoms with van der Waals surface area (Å²) in [6, 6.07) is -0.540. The molecule has 6 heteroatoms. The number of carbonyl (C=O) groups excluding carboxylic acids is 2. The van der Waals surface area contributed by atoms with Crippen LogP contribution in [0.25, 0.3) is 0 Å². The molecule has 0 aliphatic carbocycles. The highest BCUT2D eigenvalue weighted by Gasteiger charge is 2.20. The molecule has 0 saturated carbocycles. The molecular formula is C86H165NO5. The predicted octanol–water partition coefficient (Wildman–Crippen LogP) is 28.2. The van der Waals surface area contributed by atoms with Crippen molar-refractivity contribution in [3.05, 3.63) is 36.5 Å². The van der Waals surface area contributed by atoms with E-state index in [0.29, 0.717) is 25.9 Å². The molecule has 0 aliphatic rings. The largest absolute Gasteiger partial charge is 0.466 e. The van der Waals surface area contributed by atoms with Gasteiger partial charge in [0.25, 0.3) is 0 Å². The Balaban J connectivity index is 3.35. The van der Waals surface area contributed by atoms with Crippen LogP contribution in [0.5, 0.6) is 0 Å². The third-order valence-corrected chi connectivity index (χ3v) is 19.9. The van der Waals surface area contributed by atoms with E-state index in [0.717, 1.165) is 51.4 Å². The minimum atomic E-state index is -0.663. The lowest BCUT2D eigenvalue weighted by Gasteiger charge is -2.22. The molecule has 92 heavy (non-hydrogen) atoms. The topological polar surface area (TPSA) is 95.9 Å². The summed E-state index contributed by atoms with van der Waals surface area (Å²) in [5, 5.41) is 23.5. The summed E-state index contributed by atoms with van der Waals surface area (Å²) in [5.74, 6) is -0.0134. The molecule has 0 radical (unpaired) electrons. The number of unbranched alkanes of at least 4 members (excludes halogenated alkanes) is 63. The van der Waals surface area contributed by atoms with Crippen LogP contribution in [-0.2, 0) is 14.3 Å². The van der Waals surface area contributed by atoms with Crippen molar-refractivity contribution in [2.45, 2.75) is 488 Å². The van der Waals surface area contributed by atoms with Crippen LogP contribution in [0.4, 0.5) is 0 Å². The molecule has 2 unspecified atom stereocenters. The van der Waals surface area contributed by atoms with Gasteiger partial charge in [-0.1, -0.05) is 416 Å². The van der Waals surface area contributed by atoms with E-state index in [1.165, 1.54) is 392 Å². The molecular weight excluding hydrogens is 1130 g/mol. The average Bonchev–Trinajstić information content (AvgIpc) is 3.76. The van der Waals surface area contributed by atoms with Crippen LogP contribution >= 0.6 is 0 Å².